The molecule has 3 rings (SSSR count). The summed E-state index contributed by atoms with van der Waals surface area (Å²) in [5.41, 5.74) is 7.28. The zero-order valence-corrected chi connectivity index (χ0v) is 11.0. The zero-order chi connectivity index (χ0) is 12.4. The lowest BCUT2D eigenvalue weighted by Gasteiger charge is -2.34. The quantitative estimate of drug-likeness (QED) is 0.868. The van der Waals surface area contributed by atoms with Crippen LogP contribution in [0.25, 0.3) is 0 Å². The molecule has 0 unspecified atom stereocenters. The molecule has 2 fully saturated rings. The number of rotatable bonds is 2. The number of aromatic nitrogens is 1. The third kappa shape index (κ3) is 2.57. The van der Waals surface area contributed by atoms with Gasteiger partial charge in [0.25, 0.3) is 0 Å². The van der Waals surface area contributed by atoms with Crippen molar-refractivity contribution in [3.63, 3.8) is 0 Å². The van der Waals surface area contributed by atoms with E-state index in [1.807, 2.05) is 12.3 Å². The van der Waals surface area contributed by atoms with Crippen LogP contribution in [-0.2, 0) is 0 Å². The van der Waals surface area contributed by atoms with Gasteiger partial charge in [0.05, 0.1) is 0 Å². The molecule has 1 aliphatic carbocycles. The van der Waals surface area contributed by atoms with E-state index in [1.54, 1.807) is 0 Å². The van der Waals surface area contributed by atoms with Gasteiger partial charge in [0.2, 0.25) is 0 Å². The maximum atomic E-state index is 6.00. The van der Waals surface area contributed by atoms with E-state index in [2.05, 4.69) is 22.0 Å². The van der Waals surface area contributed by atoms with Crippen LogP contribution in [0.15, 0.2) is 24.4 Å². The lowest BCUT2D eigenvalue weighted by atomic mass is 9.83. The van der Waals surface area contributed by atoms with E-state index >= 15 is 0 Å². The van der Waals surface area contributed by atoms with Gasteiger partial charge in [-0.05, 0) is 44.2 Å². The van der Waals surface area contributed by atoms with Crippen LogP contribution in [0, 0.1) is 0 Å². The van der Waals surface area contributed by atoms with E-state index in [4.69, 9.17) is 5.73 Å². The predicted octanol–water partition coefficient (Wildman–Crippen LogP) is 2.14. The summed E-state index contributed by atoms with van der Waals surface area (Å²) in [4.78, 5) is 7.11. The average Bonchev–Trinajstić information content (AvgIpc) is 2.87. The lowest BCUT2D eigenvalue weighted by Crippen LogP contribution is -2.37. The molecule has 1 aromatic rings. The summed E-state index contributed by atoms with van der Waals surface area (Å²) >= 11 is 0. The van der Waals surface area contributed by atoms with E-state index < -0.39 is 0 Å². The Morgan fingerprint density at radius 1 is 1.11 bits per heavy atom. The van der Waals surface area contributed by atoms with Gasteiger partial charge in [-0.15, -0.1) is 0 Å². The fourth-order valence-corrected chi connectivity index (χ4v) is 3.50. The molecule has 18 heavy (non-hydrogen) atoms. The van der Waals surface area contributed by atoms with Gasteiger partial charge in [-0.2, -0.15) is 0 Å². The predicted molar refractivity (Wildman–Crippen MR) is 73.4 cm³/mol. The average molecular weight is 245 g/mol. The van der Waals surface area contributed by atoms with Crippen molar-refractivity contribution in [1.29, 1.82) is 0 Å². The molecule has 0 aromatic carbocycles. The Balaban J connectivity index is 1.55. The van der Waals surface area contributed by atoms with E-state index in [9.17, 15) is 0 Å². The van der Waals surface area contributed by atoms with Crippen molar-refractivity contribution in [2.75, 3.05) is 13.1 Å². The number of pyridine rings is 1. The zero-order valence-electron chi connectivity index (χ0n) is 11.0. The number of likely N-dealkylation sites (tertiary alicyclic amines) is 1. The van der Waals surface area contributed by atoms with Gasteiger partial charge in [-0.1, -0.05) is 6.07 Å². The summed E-state index contributed by atoms with van der Waals surface area (Å²) in [6, 6.07) is 7.47. The highest BCUT2D eigenvalue weighted by Crippen LogP contribution is 2.34. The minimum absolute atomic E-state index is 0.415. The number of hydrogen-bond donors (Lipinski definition) is 1. The maximum Gasteiger partial charge on any atom is 0.0434 e. The van der Waals surface area contributed by atoms with Crippen LogP contribution in [0.2, 0.25) is 0 Å². The molecule has 3 heteroatoms. The van der Waals surface area contributed by atoms with Crippen molar-refractivity contribution in [2.24, 2.45) is 5.73 Å². The number of hydrogen-bond acceptors (Lipinski definition) is 3. The molecular weight excluding hydrogens is 222 g/mol. The maximum absolute atomic E-state index is 6.00. The van der Waals surface area contributed by atoms with Crippen molar-refractivity contribution < 1.29 is 0 Å². The minimum atomic E-state index is 0.415. The standard InChI is InChI=1S/C15H23N3/c16-13-8-10-18(11-13)14-6-4-12(5-7-14)15-3-1-2-9-17-15/h1-3,9,12-14H,4-8,10-11,16H2/t12?,13-,14?/m1/s1. The summed E-state index contributed by atoms with van der Waals surface area (Å²) in [6.07, 6.45) is 8.30. The van der Waals surface area contributed by atoms with Crippen molar-refractivity contribution in [2.45, 2.75) is 50.1 Å². The van der Waals surface area contributed by atoms with E-state index in [0.717, 1.165) is 12.6 Å². The summed E-state index contributed by atoms with van der Waals surface area (Å²) in [5, 5.41) is 0. The smallest absolute Gasteiger partial charge is 0.0434 e. The molecule has 2 aliphatic rings. The van der Waals surface area contributed by atoms with Crippen LogP contribution >= 0.6 is 0 Å². The largest absolute Gasteiger partial charge is 0.326 e. The first kappa shape index (κ1) is 12.1. The van der Waals surface area contributed by atoms with Gasteiger partial charge in [0, 0.05) is 43.0 Å². The second kappa shape index (κ2) is 5.37. The molecule has 1 saturated heterocycles. The minimum Gasteiger partial charge on any atom is -0.326 e. The fourth-order valence-electron chi connectivity index (χ4n) is 3.50. The summed E-state index contributed by atoms with van der Waals surface area (Å²) in [6.45, 7) is 2.32. The second-order valence-electron chi connectivity index (χ2n) is 5.80. The summed E-state index contributed by atoms with van der Waals surface area (Å²) in [5.74, 6) is 0.679. The molecule has 1 atom stereocenters. The molecule has 2 N–H and O–H groups in total. The van der Waals surface area contributed by atoms with Crippen LogP contribution in [0.1, 0.15) is 43.7 Å². The Bertz CT molecular complexity index is 371. The molecule has 1 aliphatic heterocycles. The molecule has 1 aromatic heterocycles. The molecule has 0 amide bonds. The fraction of sp³-hybridized carbons (Fsp3) is 0.667. The molecular formula is C15H23N3. The van der Waals surface area contributed by atoms with Crippen LogP contribution in [-0.4, -0.2) is 35.1 Å². The van der Waals surface area contributed by atoms with Crippen molar-refractivity contribution >= 4 is 0 Å². The Hall–Kier alpha value is -0.930. The van der Waals surface area contributed by atoms with Gasteiger partial charge in [0.15, 0.2) is 0 Å². The Kier molecular flexibility index (Phi) is 3.62. The lowest BCUT2D eigenvalue weighted by molar-refractivity contribution is 0.179. The van der Waals surface area contributed by atoms with E-state index in [-0.39, 0.29) is 0 Å². The molecule has 0 spiro atoms. The summed E-state index contributed by atoms with van der Waals surface area (Å²) < 4.78 is 0. The Morgan fingerprint density at radius 3 is 2.56 bits per heavy atom. The van der Waals surface area contributed by atoms with Gasteiger partial charge in [-0.3, -0.25) is 9.88 Å². The molecule has 2 heterocycles. The van der Waals surface area contributed by atoms with E-state index in [1.165, 1.54) is 44.3 Å². The number of nitrogens with two attached hydrogens (primary N) is 1. The second-order valence-corrected chi connectivity index (χ2v) is 5.80. The van der Waals surface area contributed by atoms with Gasteiger partial charge in [-0.25, -0.2) is 0 Å². The summed E-state index contributed by atoms with van der Waals surface area (Å²) in [7, 11) is 0. The first-order valence-corrected chi connectivity index (χ1v) is 7.23. The van der Waals surface area contributed by atoms with Crippen molar-refractivity contribution in [3.05, 3.63) is 30.1 Å². The van der Waals surface area contributed by atoms with Crippen LogP contribution < -0.4 is 5.73 Å². The third-order valence-electron chi connectivity index (χ3n) is 4.58. The van der Waals surface area contributed by atoms with Crippen LogP contribution in [0.3, 0.4) is 0 Å². The molecule has 98 valence electrons. The first-order valence-electron chi connectivity index (χ1n) is 7.23. The normalized spacial score (nSPS) is 33.7. The van der Waals surface area contributed by atoms with Gasteiger partial charge in [0.1, 0.15) is 0 Å². The SMILES string of the molecule is N[C@@H]1CCN(C2CCC(c3ccccn3)CC2)C1. The highest BCUT2D eigenvalue weighted by molar-refractivity contribution is 5.10. The van der Waals surface area contributed by atoms with Crippen LogP contribution in [0.4, 0.5) is 0 Å². The molecule has 0 bridgehead atoms. The number of nitrogens with zero attached hydrogens (tertiary/aromatic N) is 2. The highest BCUT2D eigenvalue weighted by atomic mass is 15.2. The van der Waals surface area contributed by atoms with Crippen molar-refractivity contribution in [3.8, 4) is 0 Å². The third-order valence-corrected chi connectivity index (χ3v) is 4.58. The van der Waals surface area contributed by atoms with Crippen molar-refractivity contribution in [1.82, 2.24) is 9.88 Å². The Labute approximate surface area is 109 Å². The Morgan fingerprint density at radius 2 is 1.94 bits per heavy atom. The molecule has 0 radical (unpaired) electrons. The van der Waals surface area contributed by atoms with Gasteiger partial charge < -0.3 is 5.73 Å². The monoisotopic (exact) mass is 245 g/mol. The van der Waals surface area contributed by atoms with E-state index in [0.29, 0.717) is 12.0 Å². The first-order chi connectivity index (χ1) is 8.83. The highest BCUT2D eigenvalue weighted by Gasteiger charge is 2.30. The topological polar surface area (TPSA) is 42.1 Å². The molecule has 1 saturated carbocycles. The van der Waals surface area contributed by atoms with Crippen LogP contribution in [0.5, 0.6) is 0 Å². The van der Waals surface area contributed by atoms with Gasteiger partial charge >= 0.3 is 0 Å². The molecule has 3 nitrogen and oxygen atoms in total.